The summed E-state index contributed by atoms with van der Waals surface area (Å²) in [5, 5.41) is 53.1. The minimum atomic E-state index is -1.60. The van der Waals surface area contributed by atoms with Crippen molar-refractivity contribution in [1.29, 1.82) is 0 Å². The van der Waals surface area contributed by atoms with Gasteiger partial charge in [0.15, 0.2) is 12.4 Å². The minimum absolute atomic E-state index is 0.0557. The van der Waals surface area contributed by atoms with Crippen molar-refractivity contribution in [3.8, 4) is 5.75 Å². The number of ether oxygens (including phenoxy) is 1. The lowest BCUT2D eigenvalue weighted by Gasteiger charge is -2.27. The van der Waals surface area contributed by atoms with Crippen LogP contribution in [0.3, 0.4) is 0 Å². The van der Waals surface area contributed by atoms with E-state index < -0.39 is 132 Å². The quantitative estimate of drug-likeness (QED) is 0.0358. The number of carboxylic acid groups (broad SMARTS) is 2. The van der Waals surface area contributed by atoms with Crippen LogP contribution in [0.25, 0.3) is 0 Å². The van der Waals surface area contributed by atoms with Gasteiger partial charge in [0.25, 0.3) is 0 Å². The van der Waals surface area contributed by atoms with Crippen LogP contribution < -0.4 is 48.1 Å². The van der Waals surface area contributed by atoms with E-state index in [0.29, 0.717) is 11.1 Å². The Morgan fingerprint density at radius 1 is 0.701 bits per heavy atom. The van der Waals surface area contributed by atoms with Crippen LogP contribution in [-0.2, 0) is 60.8 Å². The summed E-state index contributed by atoms with van der Waals surface area (Å²) in [7, 11) is 0. The molecule has 0 aliphatic carbocycles. The molecule has 0 saturated carbocycles. The summed E-state index contributed by atoms with van der Waals surface area (Å²) in [4.78, 5) is 132. The van der Waals surface area contributed by atoms with Crippen molar-refractivity contribution in [3.05, 3.63) is 59.9 Å². The average molecular weight is 962 g/mol. The SMILES string of the molecule is CC(=O)[C@H](CC(=O)O)NC(=O)[C@H](Cc1ccc(OCC(=O)O)cc1)NC(=O)[C@H](Cc1ccncc1)NC(=O)CSC[C@H](NC(=O)[C@H](CO)NC(=O)[C@@H](C)C(C)(C)O)C(=O)N[C@@H](CCN)C(N)=O. The molecule has 67 heavy (non-hydrogen) atoms. The molecular formula is C42H59N9O15S. The van der Waals surface area contributed by atoms with Crippen molar-refractivity contribution in [2.75, 3.05) is 31.3 Å². The largest absolute Gasteiger partial charge is 0.482 e. The Balaban J connectivity index is 2.38. The topological polar surface area (TPSA) is 398 Å². The Bertz CT molecular complexity index is 2050. The van der Waals surface area contributed by atoms with E-state index in [4.69, 9.17) is 21.3 Å². The number of aliphatic hydroxyl groups excluding tert-OH is 1. The molecule has 1 heterocycles. The van der Waals surface area contributed by atoms with Gasteiger partial charge >= 0.3 is 11.9 Å². The number of thioether (sulfide) groups is 1. The van der Waals surface area contributed by atoms with Gasteiger partial charge in [0.2, 0.25) is 41.4 Å². The van der Waals surface area contributed by atoms with Gasteiger partial charge in [0.1, 0.15) is 36.0 Å². The zero-order valence-corrected chi connectivity index (χ0v) is 38.1. The van der Waals surface area contributed by atoms with Crippen LogP contribution >= 0.6 is 11.8 Å². The number of primary amides is 1. The summed E-state index contributed by atoms with van der Waals surface area (Å²) < 4.78 is 5.15. The summed E-state index contributed by atoms with van der Waals surface area (Å²) in [6, 6.07) is 0.216. The van der Waals surface area contributed by atoms with Gasteiger partial charge in [-0.2, -0.15) is 0 Å². The van der Waals surface area contributed by atoms with Crippen molar-refractivity contribution in [3.63, 3.8) is 0 Å². The number of hydrogen-bond acceptors (Lipinski definition) is 16. The molecule has 2 rings (SSSR count). The molecule has 0 spiro atoms. The molecule has 0 saturated heterocycles. The number of amides is 7. The molecule has 0 fully saturated rings. The highest BCUT2D eigenvalue weighted by Crippen LogP contribution is 2.17. The van der Waals surface area contributed by atoms with Crippen molar-refractivity contribution in [1.82, 2.24) is 36.9 Å². The monoisotopic (exact) mass is 961 g/mol. The lowest BCUT2D eigenvalue weighted by molar-refractivity contribution is -0.140. The number of aromatic nitrogens is 1. The first-order valence-electron chi connectivity index (χ1n) is 20.7. The fourth-order valence-corrected chi connectivity index (χ4v) is 6.65. The van der Waals surface area contributed by atoms with E-state index in [1.807, 2.05) is 0 Å². The molecule has 2 aromatic rings. The van der Waals surface area contributed by atoms with Gasteiger partial charge in [0, 0.05) is 31.0 Å². The Morgan fingerprint density at radius 3 is 1.70 bits per heavy atom. The van der Waals surface area contributed by atoms with Gasteiger partial charge < -0.3 is 68.5 Å². The maximum Gasteiger partial charge on any atom is 0.341 e. The number of ketones is 1. The summed E-state index contributed by atoms with van der Waals surface area (Å²) in [5.74, 6) is -11.3. The lowest BCUT2D eigenvalue weighted by atomic mass is 9.92. The van der Waals surface area contributed by atoms with Crippen molar-refractivity contribution >= 4 is 70.8 Å². The van der Waals surface area contributed by atoms with Crippen molar-refractivity contribution in [2.45, 2.75) is 95.2 Å². The van der Waals surface area contributed by atoms with E-state index in [0.717, 1.165) is 18.7 Å². The van der Waals surface area contributed by atoms with E-state index in [1.54, 1.807) is 12.1 Å². The number of nitrogens with one attached hydrogen (secondary N) is 6. The Hall–Kier alpha value is -6.70. The zero-order valence-electron chi connectivity index (χ0n) is 37.3. The highest BCUT2D eigenvalue weighted by Gasteiger charge is 2.34. The van der Waals surface area contributed by atoms with Gasteiger partial charge in [-0.05, 0) is 69.1 Å². The number of hydrogen-bond donors (Lipinski definition) is 12. The second-order valence-corrected chi connectivity index (χ2v) is 16.8. The average Bonchev–Trinajstić information content (AvgIpc) is 3.25. The van der Waals surface area contributed by atoms with Gasteiger partial charge in [-0.15, -0.1) is 11.8 Å². The first-order chi connectivity index (χ1) is 31.4. The van der Waals surface area contributed by atoms with Crippen LogP contribution in [0.4, 0.5) is 0 Å². The number of aliphatic carboxylic acids is 2. The number of pyridine rings is 1. The molecule has 1 aromatic carbocycles. The summed E-state index contributed by atoms with van der Waals surface area (Å²) in [5.41, 5.74) is 10.4. The molecule has 0 unspecified atom stereocenters. The summed E-state index contributed by atoms with van der Waals surface area (Å²) in [6.45, 7) is 3.59. The number of Topliss-reactive ketones (excluding diaryl/α,β-unsaturated/α-hetero) is 1. The second kappa shape index (κ2) is 27.7. The Kier molecular flexibility index (Phi) is 23.3. The van der Waals surface area contributed by atoms with Crippen LogP contribution in [0, 0.1) is 5.92 Å². The van der Waals surface area contributed by atoms with Gasteiger partial charge in [0.05, 0.1) is 36.3 Å². The molecule has 1 aromatic heterocycles. The van der Waals surface area contributed by atoms with Crippen LogP contribution in [0.15, 0.2) is 48.8 Å². The van der Waals surface area contributed by atoms with Gasteiger partial charge in [-0.3, -0.25) is 48.1 Å². The molecule has 0 aliphatic rings. The number of carbonyl (C=O) groups excluding carboxylic acids is 8. The number of rotatable bonds is 30. The molecule has 14 N–H and O–H groups in total. The van der Waals surface area contributed by atoms with Gasteiger partial charge in [-0.1, -0.05) is 19.1 Å². The normalized spacial score (nSPS) is 14.3. The summed E-state index contributed by atoms with van der Waals surface area (Å²) >= 11 is 0.791. The number of nitrogens with two attached hydrogens (primary N) is 2. The second-order valence-electron chi connectivity index (χ2n) is 15.8. The number of carboxylic acids is 2. The van der Waals surface area contributed by atoms with Crippen LogP contribution in [0.1, 0.15) is 51.7 Å². The van der Waals surface area contributed by atoms with Crippen LogP contribution in [0.5, 0.6) is 5.75 Å². The summed E-state index contributed by atoms with van der Waals surface area (Å²) in [6.07, 6.45) is 1.64. The Labute approximate surface area is 389 Å². The molecule has 0 radical (unpaired) electrons. The van der Waals surface area contributed by atoms with Crippen LogP contribution in [-0.4, -0.2) is 158 Å². The number of carbonyl (C=O) groups is 10. The zero-order chi connectivity index (χ0) is 50.4. The standard InChI is InChI=1S/C42H59N9O15S/c1-22(42(3,4)65)37(60)50-31(18-52)40(63)51-32(41(64)47-27(9-12-43)36(44)59)20-67-21-33(54)46-29(16-25-10-13-45-14-11-25)38(61)49-30(39(62)48-28(23(2)53)17-34(55)56)15-24-5-7-26(8-6-24)66-19-35(57)58/h5-8,10-11,13-14,22,27-32,52,65H,9,12,15-21,43H2,1-4H3,(H2,44,59)(H,46,54)(H,47,64)(H,48,62)(H,49,61)(H,50,60)(H,51,63)(H,55,56)(H,57,58)/t22-,27+,28+,29+,30+,31+,32+/m1/s1. The first-order valence-corrected chi connectivity index (χ1v) is 21.9. The molecule has 7 amide bonds. The van der Waals surface area contributed by atoms with Crippen molar-refractivity contribution < 1.29 is 73.1 Å². The minimum Gasteiger partial charge on any atom is -0.482 e. The third kappa shape index (κ3) is 20.6. The number of aliphatic hydroxyl groups is 2. The fourth-order valence-electron chi connectivity index (χ4n) is 5.79. The number of nitrogens with zero attached hydrogens (tertiary/aromatic N) is 1. The molecule has 24 nitrogen and oxygen atoms in total. The molecular weight excluding hydrogens is 903 g/mol. The highest BCUT2D eigenvalue weighted by atomic mass is 32.2. The van der Waals surface area contributed by atoms with E-state index in [-0.39, 0.29) is 37.3 Å². The maximum absolute atomic E-state index is 14.1. The Morgan fingerprint density at radius 2 is 1.19 bits per heavy atom. The third-order valence-corrected chi connectivity index (χ3v) is 11.0. The molecule has 7 atom stereocenters. The number of benzene rings is 1. The molecule has 0 aliphatic heterocycles. The maximum atomic E-state index is 14.1. The van der Waals surface area contributed by atoms with Crippen molar-refractivity contribution in [2.24, 2.45) is 17.4 Å². The molecule has 368 valence electrons. The fraction of sp³-hybridized carbons (Fsp3) is 0.500. The predicted molar refractivity (Wildman–Crippen MR) is 238 cm³/mol. The third-order valence-electron chi connectivity index (χ3n) is 9.92. The lowest BCUT2D eigenvalue weighted by Crippen LogP contribution is -2.59. The van der Waals surface area contributed by atoms with Gasteiger partial charge in [-0.25, -0.2) is 4.79 Å². The predicted octanol–water partition coefficient (Wildman–Crippen LogP) is -3.73. The van der Waals surface area contributed by atoms with E-state index in [1.165, 1.54) is 57.4 Å². The smallest absolute Gasteiger partial charge is 0.341 e. The highest BCUT2D eigenvalue weighted by molar-refractivity contribution is 8.00. The van der Waals surface area contributed by atoms with Crippen LogP contribution in [0.2, 0.25) is 0 Å². The molecule has 25 heteroatoms. The van der Waals surface area contributed by atoms with E-state index >= 15 is 0 Å². The van der Waals surface area contributed by atoms with E-state index in [9.17, 15) is 63.3 Å². The van der Waals surface area contributed by atoms with E-state index in [2.05, 4.69) is 36.9 Å². The molecule has 0 bridgehead atoms. The first kappa shape index (κ1) is 56.4.